The summed E-state index contributed by atoms with van der Waals surface area (Å²) in [5, 5.41) is 6.27. The minimum absolute atomic E-state index is 0.0565. The van der Waals surface area contributed by atoms with Crippen LogP contribution in [-0.2, 0) is 16.6 Å². The predicted molar refractivity (Wildman–Crippen MR) is 76.1 cm³/mol. The van der Waals surface area contributed by atoms with E-state index in [-0.39, 0.29) is 33.0 Å². The number of anilines is 1. The van der Waals surface area contributed by atoms with E-state index in [1.807, 2.05) is 0 Å². The van der Waals surface area contributed by atoms with E-state index in [1.54, 1.807) is 0 Å². The third kappa shape index (κ3) is 3.06. The van der Waals surface area contributed by atoms with E-state index < -0.39 is 21.7 Å². The Bertz CT molecular complexity index is 769. The van der Waals surface area contributed by atoms with Crippen molar-refractivity contribution in [2.45, 2.75) is 18.4 Å². The quantitative estimate of drug-likeness (QED) is 0.754. The number of rotatable bonds is 4. The lowest BCUT2D eigenvalue weighted by Crippen LogP contribution is -2.17. The molecule has 1 aromatic carbocycles. The molecule has 6 nitrogen and oxygen atoms in total. The van der Waals surface area contributed by atoms with Crippen molar-refractivity contribution in [1.29, 1.82) is 0 Å². The second-order valence-electron chi connectivity index (χ2n) is 4.18. The molecular weight excluding hydrogens is 370 g/mol. The summed E-state index contributed by atoms with van der Waals surface area (Å²) >= 11 is 2.91. The minimum Gasteiger partial charge on any atom is -0.325 e. The topological polar surface area (TPSA) is 101 Å². The van der Waals surface area contributed by atoms with Crippen molar-refractivity contribution in [2.24, 2.45) is 5.73 Å². The van der Waals surface area contributed by atoms with E-state index in [9.17, 15) is 17.2 Å². The van der Waals surface area contributed by atoms with Gasteiger partial charge in [-0.1, -0.05) is 0 Å². The first-order valence-electron chi connectivity index (χ1n) is 5.67. The largest absolute Gasteiger partial charge is 0.325 e. The summed E-state index contributed by atoms with van der Waals surface area (Å²) in [4.78, 5) is -0.152. The Morgan fingerprint density at radius 2 is 2.10 bits per heavy atom. The number of aromatic amines is 1. The van der Waals surface area contributed by atoms with E-state index in [2.05, 4.69) is 30.8 Å². The summed E-state index contributed by atoms with van der Waals surface area (Å²) in [5.74, 6) is -1.87. The molecule has 2 rings (SSSR count). The average Bonchev–Trinajstić information content (AvgIpc) is 2.76. The molecule has 0 saturated carbocycles. The van der Waals surface area contributed by atoms with Crippen LogP contribution in [0, 0.1) is 18.6 Å². The zero-order valence-corrected chi connectivity index (χ0v) is 13.1. The Balaban J connectivity index is 2.50. The van der Waals surface area contributed by atoms with Crippen molar-refractivity contribution in [3.8, 4) is 0 Å². The summed E-state index contributed by atoms with van der Waals surface area (Å²) in [7, 11) is -4.12. The third-order valence-electron chi connectivity index (χ3n) is 2.67. The monoisotopic (exact) mass is 380 g/mol. The number of halogens is 3. The van der Waals surface area contributed by atoms with Crippen LogP contribution in [0.3, 0.4) is 0 Å². The van der Waals surface area contributed by atoms with Gasteiger partial charge in [0.15, 0.2) is 5.82 Å². The highest BCUT2D eigenvalue weighted by Gasteiger charge is 2.26. The highest BCUT2D eigenvalue weighted by molar-refractivity contribution is 9.10. The molecule has 0 saturated heterocycles. The Kier molecular flexibility index (Phi) is 4.30. The van der Waals surface area contributed by atoms with E-state index in [0.717, 1.165) is 6.07 Å². The number of aromatic nitrogens is 2. The summed E-state index contributed by atoms with van der Waals surface area (Å²) in [5.41, 5.74) is 5.43. The van der Waals surface area contributed by atoms with Gasteiger partial charge < -0.3 is 5.73 Å². The Labute approximate surface area is 127 Å². The molecule has 0 aliphatic rings. The highest BCUT2D eigenvalue weighted by Crippen LogP contribution is 2.30. The van der Waals surface area contributed by atoms with Gasteiger partial charge in [-0.2, -0.15) is 5.10 Å². The molecule has 4 N–H and O–H groups in total. The Morgan fingerprint density at radius 1 is 1.43 bits per heavy atom. The lowest BCUT2D eigenvalue weighted by atomic mass is 10.3. The van der Waals surface area contributed by atoms with Gasteiger partial charge in [-0.05, 0) is 28.9 Å². The molecule has 0 bridgehead atoms. The Hall–Kier alpha value is -1.52. The summed E-state index contributed by atoms with van der Waals surface area (Å²) in [6, 6.07) is 1.53. The summed E-state index contributed by atoms with van der Waals surface area (Å²) in [6.07, 6.45) is 0. The molecule has 0 radical (unpaired) electrons. The van der Waals surface area contributed by atoms with Crippen molar-refractivity contribution in [3.63, 3.8) is 0 Å². The van der Waals surface area contributed by atoms with Gasteiger partial charge in [-0.3, -0.25) is 9.82 Å². The average molecular weight is 381 g/mol. The molecule has 10 heteroatoms. The van der Waals surface area contributed by atoms with E-state index in [0.29, 0.717) is 6.07 Å². The van der Waals surface area contributed by atoms with Crippen molar-refractivity contribution in [2.75, 3.05) is 4.72 Å². The smallest absolute Gasteiger partial charge is 0.265 e. The van der Waals surface area contributed by atoms with Gasteiger partial charge in [0.1, 0.15) is 10.7 Å². The van der Waals surface area contributed by atoms with Crippen LogP contribution in [0.25, 0.3) is 0 Å². The number of sulfonamides is 1. The van der Waals surface area contributed by atoms with Gasteiger partial charge in [0.05, 0.1) is 17.1 Å². The molecule has 1 aromatic heterocycles. The lowest BCUT2D eigenvalue weighted by Gasteiger charge is -2.11. The number of hydrogen-bond acceptors (Lipinski definition) is 4. The van der Waals surface area contributed by atoms with E-state index in [1.165, 1.54) is 6.92 Å². The molecule has 1 heterocycles. The molecule has 0 spiro atoms. The molecule has 2 aromatic rings. The second kappa shape index (κ2) is 5.70. The fraction of sp³-hybridized carbons (Fsp3) is 0.182. The highest BCUT2D eigenvalue weighted by atomic mass is 79.9. The molecule has 0 aliphatic heterocycles. The van der Waals surface area contributed by atoms with Crippen molar-refractivity contribution in [1.82, 2.24) is 10.2 Å². The normalized spacial score (nSPS) is 11.7. The molecule has 114 valence electrons. The van der Waals surface area contributed by atoms with Crippen LogP contribution in [0.1, 0.15) is 11.4 Å². The van der Waals surface area contributed by atoms with Gasteiger partial charge >= 0.3 is 0 Å². The standard InChI is InChI=1S/C11H11BrF2N4O2S/c1-5-11(9(4-15)17-16-5)21(19,20)18-10-7(12)2-6(13)3-8(10)14/h2-3,18H,4,15H2,1H3,(H,16,17). The summed E-state index contributed by atoms with van der Waals surface area (Å²) in [6.45, 7) is 1.39. The van der Waals surface area contributed by atoms with Crippen LogP contribution in [0.15, 0.2) is 21.5 Å². The predicted octanol–water partition coefficient (Wildman–Crippen LogP) is 2.02. The minimum atomic E-state index is -4.12. The van der Waals surface area contributed by atoms with Crippen molar-refractivity contribution < 1.29 is 17.2 Å². The first kappa shape index (κ1) is 15.9. The summed E-state index contributed by atoms with van der Waals surface area (Å²) < 4.78 is 53.4. The number of nitrogens with zero attached hydrogens (tertiary/aromatic N) is 1. The number of hydrogen-bond donors (Lipinski definition) is 3. The maximum Gasteiger partial charge on any atom is 0.265 e. The first-order chi connectivity index (χ1) is 9.76. The second-order valence-corrected chi connectivity index (χ2v) is 6.65. The molecule has 0 aliphatic carbocycles. The number of benzene rings is 1. The van der Waals surface area contributed by atoms with Crippen LogP contribution in [-0.4, -0.2) is 18.6 Å². The van der Waals surface area contributed by atoms with Crippen molar-refractivity contribution in [3.05, 3.63) is 39.6 Å². The van der Waals surface area contributed by atoms with Crippen molar-refractivity contribution >= 4 is 31.6 Å². The molecule has 0 amide bonds. The third-order valence-corrected chi connectivity index (χ3v) is 4.84. The van der Waals surface area contributed by atoms with Gasteiger partial charge in [0, 0.05) is 17.1 Å². The SMILES string of the molecule is Cc1[nH]nc(CN)c1S(=O)(=O)Nc1c(F)cc(F)cc1Br. The zero-order valence-electron chi connectivity index (χ0n) is 10.7. The van der Waals surface area contributed by atoms with Crippen LogP contribution in [0.5, 0.6) is 0 Å². The number of nitrogens with one attached hydrogen (secondary N) is 2. The fourth-order valence-corrected chi connectivity index (χ4v) is 3.89. The molecule has 0 atom stereocenters. The van der Waals surface area contributed by atoms with Gasteiger partial charge in [-0.25, -0.2) is 17.2 Å². The molecule has 21 heavy (non-hydrogen) atoms. The van der Waals surface area contributed by atoms with Gasteiger partial charge in [0.2, 0.25) is 0 Å². The first-order valence-corrected chi connectivity index (χ1v) is 7.95. The lowest BCUT2D eigenvalue weighted by molar-refractivity contribution is 0.581. The van der Waals surface area contributed by atoms with Crippen LogP contribution in [0.2, 0.25) is 0 Å². The van der Waals surface area contributed by atoms with Crippen LogP contribution in [0.4, 0.5) is 14.5 Å². The number of H-pyrrole nitrogens is 1. The number of nitrogens with two attached hydrogens (primary N) is 1. The van der Waals surface area contributed by atoms with E-state index in [4.69, 9.17) is 5.73 Å². The fourth-order valence-electron chi connectivity index (χ4n) is 1.79. The number of aryl methyl sites for hydroxylation is 1. The maximum absolute atomic E-state index is 13.7. The van der Waals surface area contributed by atoms with Gasteiger partial charge in [-0.15, -0.1) is 0 Å². The molecule has 0 fully saturated rings. The molecular formula is C11H11BrF2N4O2S. The van der Waals surface area contributed by atoms with Crippen LogP contribution < -0.4 is 10.5 Å². The Morgan fingerprint density at radius 3 is 2.67 bits per heavy atom. The zero-order chi connectivity index (χ0) is 15.8. The van der Waals surface area contributed by atoms with Crippen LogP contribution >= 0.6 is 15.9 Å². The van der Waals surface area contributed by atoms with Gasteiger partial charge in [0.25, 0.3) is 10.0 Å². The maximum atomic E-state index is 13.7. The molecule has 0 unspecified atom stereocenters. The van der Waals surface area contributed by atoms with E-state index >= 15 is 0 Å².